The van der Waals surface area contributed by atoms with Crippen LogP contribution >= 0.6 is 11.6 Å². The Labute approximate surface area is 110 Å². The SMILES string of the molecule is O=S(=O)(NCCc1cccc(Cl)c1)c1cn[nH]c1. The number of halogens is 1. The van der Waals surface area contributed by atoms with Crippen LogP contribution in [0.3, 0.4) is 0 Å². The molecule has 0 saturated heterocycles. The van der Waals surface area contributed by atoms with Crippen molar-refractivity contribution in [3.05, 3.63) is 47.2 Å². The Bertz CT molecular complexity index is 611. The molecule has 0 atom stereocenters. The van der Waals surface area contributed by atoms with Gasteiger partial charge in [-0.05, 0) is 24.1 Å². The maximum atomic E-state index is 11.8. The first-order valence-electron chi connectivity index (χ1n) is 5.31. The highest BCUT2D eigenvalue weighted by molar-refractivity contribution is 7.89. The number of aromatic nitrogens is 2. The molecule has 0 radical (unpaired) electrons. The lowest BCUT2D eigenvalue weighted by molar-refractivity contribution is 0.581. The van der Waals surface area contributed by atoms with E-state index in [1.807, 2.05) is 18.2 Å². The van der Waals surface area contributed by atoms with Gasteiger partial charge in [-0.15, -0.1) is 0 Å². The zero-order chi connectivity index (χ0) is 13.0. The van der Waals surface area contributed by atoms with Crippen LogP contribution in [0.4, 0.5) is 0 Å². The van der Waals surface area contributed by atoms with Gasteiger partial charge >= 0.3 is 0 Å². The molecule has 0 bridgehead atoms. The van der Waals surface area contributed by atoms with E-state index < -0.39 is 10.0 Å². The van der Waals surface area contributed by atoms with Gasteiger partial charge in [-0.3, -0.25) is 5.10 Å². The van der Waals surface area contributed by atoms with Crippen LogP contribution in [0.15, 0.2) is 41.6 Å². The van der Waals surface area contributed by atoms with Crippen LogP contribution in [0.1, 0.15) is 5.56 Å². The second kappa shape index (κ2) is 5.51. The van der Waals surface area contributed by atoms with Crippen LogP contribution in [0, 0.1) is 0 Å². The summed E-state index contributed by atoms with van der Waals surface area (Å²) in [7, 11) is -3.47. The molecule has 96 valence electrons. The van der Waals surface area contributed by atoms with Crippen molar-refractivity contribution in [1.82, 2.24) is 14.9 Å². The van der Waals surface area contributed by atoms with E-state index >= 15 is 0 Å². The average molecular weight is 286 g/mol. The number of nitrogens with one attached hydrogen (secondary N) is 2. The van der Waals surface area contributed by atoms with Gasteiger partial charge in [0, 0.05) is 17.8 Å². The van der Waals surface area contributed by atoms with Crippen LogP contribution in [0.25, 0.3) is 0 Å². The Balaban J connectivity index is 1.93. The maximum absolute atomic E-state index is 11.8. The normalized spacial score (nSPS) is 11.6. The van der Waals surface area contributed by atoms with E-state index in [-0.39, 0.29) is 4.90 Å². The predicted molar refractivity (Wildman–Crippen MR) is 68.9 cm³/mol. The fourth-order valence-corrected chi connectivity index (χ4v) is 2.64. The molecule has 0 unspecified atom stereocenters. The van der Waals surface area contributed by atoms with Crippen molar-refractivity contribution in [2.24, 2.45) is 0 Å². The van der Waals surface area contributed by atoms with Gasteiger partial charge in [0.1, 0.15) is 4.90 Å². The summed E-state index contributed by atoms with van der Waals surface area (Å²) in [6.07, 6.45) is 3.18. The third-order valence-electron chi connectivity index (χ3n) is 2.38. The van der Waals surface area contributed by atoms with Crippen LogP contribution in [-0.4, -0.2) is 25.2 Å². The highest BCUT2D eigenvalue weighted by Gasteiger charge is 2.13. The van der Waals surface area contributed by atoms with E-state index in [1.54, 1.807) is 6.07 Å². The lowest BCUT2D eigenvalue weighted by Crippen LogP contribution is -2.25. The first-order valence-corrected chi connectivity index (χ1v) is 7.17. The van der Waals surface area contributed by atoms with Gasteiger partial charge in [-0.2, -0.15) is 5.10 Å². The number of hydrogen-bond acceptors (Lipinski definition) is 3. The van der Waals surface area contributed by atoms with Crippen LogP contribution in [0.2, 0.25) is 5.02 Å². The van der Waals surface area contributed by atoms with Gasteiger partial charge in [0.05, 0.1) is 6.20 Å². The Morgan fingerprint density at radius 2 is 2.22 bits per heavy atom. The molecule has 1 aromatic carbocycles. The third kappa shape index (κ3) is 3.32. The summed E-state index contributed by atoms with van der Waals surface area (Å²) in [5, 5.41) is 6.71. The Kier molecular flexibility index (Phi) is 4.00. The van der Waals surface area contributed by atoms with E-state index in [0.717, 1.165) is 5.56 Å². The molecule has 18 heavy (non-hydrogen) atoms. The molecular formula is C11H12ClN3O2S. The number of rotatable bonds is 5. The summed E-state index contributed by atoms with van der Waals surface area (Å²) in [5.74, 6) is 0. The second-order valence-corrected chi connectivity index (χ2v) is 5.92. The summed E-state index contributed by atoms with van der Waals surface area (Å²) < 4.78 is 26.0. The zero-order valence-corrected chi connectivity index (χ0v) is 11.0. The van der Waals surface area contributed by atoms with Gasteiger partial charge in [-0.1, -0.05) is 23.7 Å². The number of benzene rings is 1. The van der Waals surface area contributed by atoms with Gasteiger partial charge in [0.15, 0.2) is 0 Å². The smallest absolute Gasteiger partial charge is 0.243 e. The molecule has 0 fully saturated rings. The molecule has 0 aliphatic carbocycles. The summed E-state index contributed by atoms with van der Waals surface area (Å²) in [6.45, 7) is 0.313. The second-order valence-electron chi connectivity index (χ2n) is 3.71. The predicted octanol–water partition coefficient (Wildman–Crippen LogP) is 1.58. The van der Waals surface area contributed by atoms with E-state index in [4.69, 9.17) is 11.6 Å². The maximum Gasteiger partial charge on any atom is 0.243 e. The zero-order valence-electron chi connectivity index (χ0n) is 9.43. The summed E-state index contributed by atoms with van der Waals surface area (Å²) >= 11 is 5.84. The molecule has 7 heteroatoms. The highest BCUT2D eigenvalue weighted by Crippen LogP contribution is 2.11. The lowest BCUT2D eigenvalue weighted by Gasteiger charge is -2.05. The molecular weight excluding hydrogens is 274 g/mol. The molecule has 0 amide bonds. The van der Waals surface area contributed by atoms with Crippen molar-refractivity contribution >= 4 is 21.6 Å². The fraction of sp³-hybridized carbons (Fsp3) is 0.182. The number of H-pyrrole nitrogens is 1. The number of aromatic amines is 1. The van der Waals surface area contributed by atoms with Gasteiger partial charge in [0.25, 0.3) is 0 Å². The minimum absolute atomic E-state index is 0.133. The molecule has 1 aromatic heterocycles. The molecule has 0 aliphatic rings. The van der Waals surface area contributed by atoms with Crippen molar-refractivity contribution in [1.29, 1.82) is 0 Å². The quantitative estimate of drug-likeness (QED) is 0.876. The molecule has 2 aromatic rings. The first-order chi connectivity index (χ1) is 8.58. The standard InChI is InChI=1S/C11H12ClN3O2S/c12-10-3-1-2-9(6-10)4-5-15-18(16,17)11-7-13-14-8-11/h1-3,6-8,15H,4-5H2,(H,13,14). The topological polar surface area (TPSA) is 74.8 Å². The average Bonchev–Trinajstić information content (AvgIpc) is 2.83. The van der Waals surface area contributed by atoms with Crippen LogP contribution < -0.4 is 4.72 Å². The number of nitrogens with zero attached hydrogens (tertiary/aromatic N) is 1. The molecule has 0 saturated carbocycles. The highest BCUT2D eigenvalue weighted by atomic mass is 35.5. The van der Waals surface area contributed by atoms with Gasteiger partial charge < -0.3 is 0 Å². The summed E-state index contributed by atoms with van der Waals surface area (Å²) in [5.41, 5.74) is 0.984. The monoisotopic (exact) mass is 285 g/mol. The summed E-state index contributed by atoms with van der Waals surface area (Å²) in [4.78, 5) is 0.133. The minimum Gasteiger partial charge on any atom is -0.284 e. The molecule has 5 nitrogen and oxygen atoms in total. The van der Waals surface area contributed by atoms with Crippen molar-refractivity contribution in [3.8, 4) is 0 Å². The number of sulfonamides is 1. The van der Waals surface area contributed by atoms with Crippen molar-refractivity contribution in [2.75, 3.05) is 6.54 Å². The van der Waals surface area contributed by atoms with E-state index in [2.05, 4.69) is 14.9 Å². The van der Waals surface area contributed by atoms with Crippen LogP contribution in [0.5, 0.6) is 0 Å². The Morgan fingerprint density at radius 1 is 1.39 bits per heavy atom. The van der Waals surface area contributed by atoms with E-state index in [0.29, 0.717) is 18.0 Å². The molecule has 2 N–H and O–H groups in total. The Morgan fingerprint density at radius 3 is 2.89 bits per heavy atom. The van der Waals surface area contributed by atoms with Crippen LogP contribution in [-0.2, 0) is 16.4 Å². The molecule has 0 spiro atoms. The van der Waals surface area contributed by atoms with E-state index in [9.17, 15) is 8.42 Å². The van der Waals surface area contributed by atoms with Crippen molar-refractivity contribution < 1.29 is 8.42 Å². The third-order valence-corrected chi connectivity index (χ3v) is 4.04. The van der Waals surface area contributed by atoms with Crippen molar-refractivity contribution in [2.45, 2.75) is 11.3 Å². The minimum atomic E-state index is -3.47. The largest absolute Gasteiger partial charge is 0.284 e. The van der Waals surface area contributed by atoms with Crippen molar-refractivity contribution in [3.63, 3.8) is 0 Å². The summed E-state index contributed by atoms with van der Waals surface area (Å²) in [6, 6.07) is 7.33. The molecule has 1 heterocycles. The molecule has 0 aliphatic heterocycles. The van der Waals surface area contributed by atoms with Gasteiger partial charge in [0.2, 0.25) is 10.0 Å². The molecule has 2 rings (SSSR count). The van der Waals surface area contributed by atoms with E-state index in [1.165, 1.54) is 12.4 Å². The number of hydrogen-bond donors (Lipinski definition) is 2. The van der Waals surface area contributed by atoms with Gasteiger partial charge in [-0.25, -0.2) is 13.1 Å². The lowest BCUT2D eigenvalue weighted by atomic mass is 10.2. The first kappa shape index (κ1) is 13.1. The Hall–Kier alpha value is -1.37. The fourth-order valence-electron chi connectivity index (χ4n) is 1.49.